The highest BCUT2D eigenvalue weighted by Gasteiger charge is 2.01. The largest absolute Gasteiger partial charge is 0.370 e. The summed E-state index contributed by atoms with van der Waals surface area (Å²) in [6.07, 6.45) is 2.44. The maximum atomic E-state index is 8.95. The van der Waals surface area contributed by atoms with E-state index in [2.05, 4.69) is 38.8 Å². The number of nitriles is 1. The molecule has 0 bridgehead atoms. The molecule has 0 amide bonds. The third-order valence-corrected chi connectivity index (χ3v) is 3.49. The van der Waals surface area contributed by atoms with Crippen molar-refractivity contribution in [2.24, 2.45) is 0 Å². The van der Waals surface area contributed by atoms with E-state index in [0.717, 1.165) is 24.5 Å². The summed E-state index contributed by atoms with van der Waals surface area (Å²) in [5, 5.41) is 15.4. The minimum absolute atomic E-state index is 0.607. The third-order valence-electron chi connectivity index (χ3n) is 3.49. The Morgan fingerprint density at radius 2 is 1.75 bits per heavy atom. The van der Waals surface area contributed by atoms with Crippen molar-refractivity contribution in [3.8, 4) is 6.07 Å². The van der Waals surface area contributed by atoms with Crippen LogP contribution >= 0.6 is 0 Å². The van der Waals surface area contributed by atoms with Gasteiger partial charge in [-0.25, -0.2) is 9.97 Å². The van der Waals surface area contributed by atoms with Crippen molar-refractivity contribution in [1.29, 1.82) is 5.26 Å². The van der Waals surface area contributed by atoms with Crippen LogP contribution in [0.2, 0.25) is 0 Å². The van der Waals surface area contributed by atoms with Gasteiger partial charge >= 0.3 is 0 Å². The molecule has 2 aromatic carbocycles. The highest BCUT2D eigenvalue weighted by atomic mass is 15.1. The predicted molar refractivity (Wildman–Crippen MR) is 95.1 cm³/mol. The fraction of sp³-hybridized carbons (Fsp3) is 0.105. The quantitative estimate of drug-likeness (QED) is 0.725. The first-order chi connectivity index (χ1) is 11.8. The molecule has 3 rings (SSSR count). The van der Waals surface area contributed by atoms with E-state index in [1.807, 2.05) is 36.4 Å². The van der Waals surface area contributed by atoms with E-state index in [-0.39, 0.29) is 0 Å². The zero-order valence-electron chi connectivity index (χ0n) is 13.1. The average molecular weight is 315 g/mol. The number of nitrogens with one attached hydrogen (secondary N) is 2. The molecule has 0 atom stereocenters. The average Bonchev–Trinajstić information content (AvgIpc) is 2.63. The topological polar surface area (TPSA) is 73.6 Å². The molecule has 0 aliphatic carbocycles. The molecule has 0 saturated carbocycles. The van der Waals surface area contributed by atoms with Crippen LogP contribution in [-0.4, -0.2) is 16.5 Å². The van der Waals surface area contributed by atoms with Crippen LogP contribution in [0.3, 0.4) is 0 Å². The Morgan fingerprint density at radius 1 is 0.917 bits per heavy atom. The highest BCUT2D eigenvalue weighted by molar-refractivity contribution is 5.60. The lowest BCUT2D eigenvalue weighted by Crippen LogP contribution is -2.07. The molecule has 0 radical (unpaired) electrons. The van der Waals surface area contributed by atoms with E-state index in [1.165, 1.54) is 11.9 Å². The zero-order chi connectivity index (χ0) is 16.6. The van der Waals surface area contributed by atoms with Gasteiger partial charge in [-0.05, 0) is 30.2 Å². The van der Waals surface area contributed by atoms with Crippen LogP contribution in [0.5, 0.6) is 0 Å². The molecule has 1 heterocycles. The van der Waals surface area contributed by atoms with Gasteiger partial charge < -0.3 is 10.6 Å². The Hall–Kier alpha value is -3.39. The minimum Gasteiger partial charge on any atom is -0.370 e. The Labute approximate surface area is 141 Å². The summed E-state index contributed by atoms with van der Waals surface area (Å²) in [6, 6.07) is 21.6. The second kappa shape index (κ2) is 7.75. The van der Waals surface area contributed by atoms with Crippen LogP contribution in [0.25, 0.3) is 0 Å². The number of nitrogens with zero attached hydrogens (tertiary/aromatic N) is 3. The smallest absolute Gasteiger partial charge is 0.135 e. The van der Waals surface area contributed by atoms with Gasteiger partial charge in [0, 0.05) is 18.3 Å². The Balaban J connectivity index is 1.60. The summed E-state index contributed by atoms with van der Waals surface area (Å²) in [5.41, 5.74) is 2.71. The zero-order valence-corrected chi connectivity index (χ0v) is 13.1. The first-order valence-corrected chi connectivity index (χ1v) is 7.70. The first kappa shape index (κ1) is 15.5. The number of benzene rings is 2. The lowest BCUT2D eigenvalue weighted by Gasteiger charge is -2.09. The molecule has 24 heavy (non-hydrogen) atoms. The van der Waals surface area contributed by atoms with Crippen LogP contribution in [-0.2, 0) is 6.42 Å². The highest BCUT2D eigenvalue weighted by Crippen LogP contribution is 2.17. The monoisotopic (exact) mass is 315 g/mol. The van der Waals surface area contributed by atoms with Gasteiger partial charge in [-0.15, -0.1) is 0 Å². The van der Waals surface area contributed by atoms with Crippen molar-refractivity contribution in [2.75, 3.05) is 17.2 Å². The Morgan fingerprint density at radius 3 is 2.58 bits per heavy atom. The van der Waals surface area contributed by atoms with Gasteiger partial charge in [0.05, 0.1) is 11.6 Å². The molecule has 0 fully saturated rings. The van der Waals surface area contributed by atoms with Crippen molar-refractivity contribution in [1.82, 2.24) is 9.97 Å². The molecule has 1 aromatic heterocycles. The minimum atomic E-state index is 0.607. The molecule has 5 nitrogen and oxygen atoms in total. The summed E-state index contributed by atoms with van der Waals surface area (Å²) in [5.74, 6) is 1.45. The second-order valence-electron chi connectivity index (χ2n) is 5.27. The molecule has 5 heteroatoms. The molecule has 3 aromatic rings. The number of aromatic nitrogens is 2. The molecule has 0 aliphatic heterocycles. The number of hydrogen-bond donors (Lipinski definition) is 2. The summed E-state index contributed by atoms with van der Waals surface area (Å²) < 4.78 is 0. The van der Waals surface area contributed by atoms with Gasteiger partial charge in [0.2, 0.25) is 0 Å². The van der Waals surface area contributed by atoms with E-state index in [0.29, 0.717) is 11.4 Å². The van der Waals surface area contributed by atoms with Crippen LogP contribution in [0.1, 0.15) is 11.1 Å². The Bertz CT molecular complexity index is 840. The number of anilines is 3. The van der Waals surface area contributed by atoms with Crippen molar-refractivity contribution in [2.45, 2.75) is 6.42 Å². The molecule has 0 spiro atoms. The van der Waals surface area contributed by atoms with Gasteiger partial charge in [0.15, 0.2) is 0 Å². The number of rotatable bonds is 6. The lowest BCUT2D eigenvalue weighted by atomic mass is 10.1. The molecular formula is C19H17N5. The van der Waals surface area contributed by atoms with E-state index >= 15 is 0 Å². The molecule has 118 valence electrons. The SMILES string of the molecule is N#Cc1cccc(Nc2cc(NCCc3ccccc3)ncn2)c1. The van der Waals surface area contributed by atoms with Gasteiger partial charge in [-0.3, -0.25) is 0 Å². The van der Waals surface area contributed by atoms with Crippen LogP contribution < -0.4 is 10.6 Å². The fourth-order valence-electron chi connectivity index (χ4n) is 2.32. The molecule has 0 aliphatic rings. The van der Waals surface area contributed by atoms with Crippen LogP contribution in [0.4, 0.5) is 17.3 Å². The maximum Gasteiger partial charge on any atom is 0.135 e. The fourth-order valence-corrected chi connectivity index (χ4v) is 2.32. The third kappa shape index (κ3) is 4.31. The van der Waals surface area contributed by atoms with Crippen LogP contribution in [0, 0.1) is 11.3 Å². The van der Waals surface area contributed by atoms with E-state index in [9.17, 15) is 0 Å². The summed E-state index contributed by atoms with van der Waals surface area (Å²) in [7, 11) is 0. The number of hydrogen-bond acceptors (Lipinski definition) is 5. The maximum absolute atomic E-state index is 8.95. The summed E-state index contributed by atoms with van der Waals surface area (Å²) in [4.78, 5) is 8.44. The van der Waals surface area contributed by atoms with Gasteiger partial charge in [-0.1, -0.05) is 36.4 Å². The van der Waals surface area contributed by atoms with Crippen molar-refractivity contribution in [3.05, 3.63) is 78.1 Å². The van der Waals surface area contributed by atoms with E-state index < -0.39 is 0 Å². The van der Waals surface area contributed by atoms with Crippen LogP contribution in [0.15, 0.2) is 67.0 Å². The summed E-state index contributed by atoms with van der Waals surface area (Å²) >= 11 is 0. The van der Waals surface area contributed by atoms with E-state index in [1.54, 1.807) is 12.1 Å². The standard InChI is InChI=1S/C19H17N5/c20-13-16-7-4-8-17(11-16)24-19-12-18(22-14-23-19)21-10-9-15-5-2-1-3-6-15/h1-8,11-12,14H,9-10H2,(H2,21,22,23,24). The molecular weight excluding hydrogens is 298 g/mol. The van der Waals surface area contributed by atoms with Crippen molar-refractivity contribution in [3.63, 3.8) is 0 Å². The normalized spacial score (nSPS) is 9.96. The summed E-state index contributed by atoms with van der Waals surface area (Å²) in [6.45, 7) is 0.796. The predicted octanol–water partition coefficient (Wildman–Crippen LogP) is 3.75. The van der Waals surface area contributed by atoms with E-state index in [4.69, 9.17) is 5.26 Å². The van der Waals surface area contributed by atoms with Crippen molar-refractivity contribution >= 4 is 17.3 Å². The van der Waals surface area contributed by atoms with Gasteiger partial charge in [0.1, 0.15) is 18.0 Å². The second-order valence-corrected chi connectivity index (χ2v) is 5.27. The van der Waals surface area contributed by atoms with Crippen molar-refractivity contribution < 1.29 is 0 Å². The molecule has 0 unspecified atom stereocenters. The Kier molecular flexibility index (Phi) is 5.00. The van der Waals surface area contributed by atoms with Gasteiger partial charge in [-0.2, -0.15) is 5.26 Å². The lowest BCUT2D eigenvalue weighted by molar-refractivity contribution is 1.000. The van der Waals surface area contributed by atoms with Gasteiger partial charge in [0.25, 0.3) is 0 Å². The molecule has 0 saturated heterocycles. The molecule has 2 N–H and O–H groups in total. The first-order valence-electron chi connectivity index (χ1n) is 7.70.